The number of fused-ring (bicyclic) bond motifs is 1. The molecule has 2 rings (SSSR count). The predicted molar refractivity (Wildman–Crippen MR) is 82.7 cm³/mol. The lowest BCUT2D eigenvalue weighted by atomic mass is 10.1. The number of benzene rings is 1. The monoisotopic (exact) mass is 281 g/mol. The molecule has 0 saturated heterocycles. The van der Waals surface area contributed by atoms with Crippen molar-refractivity contribution in [3.8, 4) is 6.07 Å². The number of nitriles is 1. The van der Waals surface area contributed by atoms with Crippen molar-refractivity contribution in [2.75, 3.05) is 13.1 Å². The van der Waals surface area contributed by atoms with Crippen LogP contribution in [0.3, 0.4) is 0 Å². The van der Waals surface area contributed by atoms with E-state index < -0.39 is 0 Å². The molecule has 0 aliphatic heterocycles. The minimum absolute atomic E-state index is 0.0300. The van der Waals surface area contributed by atoms with Crippen molar-refractivity contribution in [3.63, 3.8) is 0 Å². The van der Waals surface area contributed by atoms with Crippen LogP contribution in [-0.2, 0) is 0 Å². The van der Waals surface area contributed by atoms with Crippen molar-refractivity contribution >= 4 is 16.8 Å². The maximum absolute atomic E-state index is 12.8. The molecule has 1 aromatic carbocycles. The highest BCUT2D eigenvalue weighted by molar-refractivity contribution is 6.06. The summed E-state index contributed by atoms with van der Waals surface area (Å²) < 4.78 is 0. The van der Waals surface area contributed by atoms with Gasteiger partial charge in [0.15, 0.2) is 0 Å². The highest BCUT2D eigenvalue weighted by atomic mass is 16.2. The molecule has 0 unspecified atom stereocenters. The molecule has 4 heteroatoms. The lowest BCUT2D eigenvalue weighted by Gasteiger charge is -2.24. The van der Waals surface area contributed by atoms with Crippen LogP contribution >= 0.6 is 0 Å². The van der Waals surface area contributed by atoms with Crippen molar-refractivity contribution < 1.29 is 4.79 Å². The molecule has 0 saturated carbocycles. The van der Waals surface area contributed by atoms with E-state index in [0.29, 0.717) is 31.0 Å². The third-order valence-electron chi connectivity index (χ3n) is 3.24. The van der Waals surface area contributed by atoms with Gasteiger partial charge in [-0.05, 0) is 24.1 Å². The van der Waals surface area contributed by atoms with Crippen LogP contribution in [-0.4, -0.2) is 28.9 Å². The second kappa shape index (κ2) is 6.85. The zero-order chi connectivity index (χ0) is 15.2. The standard InChI is InChI=1S/C17H19N3O/c1-13(2)12-20(11-5-9-18)17(21)15-6-3-8-16-14(15)7-4-10-19-16/h3-4,6-8,10,13H,5,11-12H2,1-2H3. The fraction of sp³-hybridized carbons (Fsp3) is 0.353. The average molecular weight is 281 g/mol. The molecule has 4 nitrogen and oxygen atoms in total. The number of aromatic nitrogens is 1. The van der Waals surface area contributed by atoms with Crippen molar-refractivity contribution in [3.05, 3.63) is 42.1 Å². The molecular formula is C17H19N3O. The summed E-state index contributed by atoms with van der Waals surface area (Å²) in [6.07, 6.45) is 2.07. The van der Waals surface area contributed by atoms with Crippen LogP contribution in [0.2, 0.25) is 0 Å². The SMILES string of the molecule is CC(C)CN(CCC#N)C(=O)c1cccc2ncccc12. The molecule has 0 aliphatic rings. The zero-order valence-electron chi connectivity index (χ0n) is 12.4. The molecule has 2 aromatic rings. The first-order valence-corrected chi connectivity index (χ1v) is 7.13. The molecule has 0 bridgehead atoms. The number of nitrogens with zero attached hydrogens (tertiary/aromatic N) is 3. The number of carbonyl (C=O) groups excluding carboxylic acids is 1. The molecule has 0 spiro atoms. The van der Waals surface area contributed by atoms with Crippen LogP contribution in [0.4, 0.5) is 0 Å². The molecule has 108 valence electrons. The molecular weight excluding hydrogens is 262 g/mol. The molecule has 1 heterocycles. The van der Waals surface area contributed by atoms with E-state index in [-0.39, 0.29) is 5.91 Å². The van der Waals surface area contributed by atoms with E-state index in [1.54, 1.807) is 11.1 Å². The zero-order valence-corrected chi connectivity index (χ0v) is 12.4. The van der Waals surface area contributed by atoms with Gasteiger partial charge in [0.05, 0.1) is 18.0 Å². The van der Waals surface area contributed by atoms with Crippen LogP contribution in [0.25, 0.3) is 10.9 Å². The van der Waals surface area contributed by atoms with Gasteiger partial charge >= 0.3 is 0 Å². The highest BCUT2D eigenvalue weighted by Gasteiger charge is 2.18. The van der Waals surface area contributed by atoms with E-state index in [4.69, 9.17) is 5.26 Å². The second-order valence-electron chi connectivity index (χ2n) is 5.43. The Labute approximate surface area is 125 Å². The Morgan fingerprint density at radius 1 is 1.33 bits per heavy atom. The van der Waals surface area contributed by atoms with Crippen molar-refractivity contribution in [2.45, 2.75) is 20.3 Å². The maximum atomic E-state index is 12.8. The van der Waals surface area contributed by atoms with Gasteiger partial charge in [-0.1, -0.05) is 26.0 Å². The van der Waals surface area contributed by atoms with Gasteiger partial charge in [-0.2, -0.15) is 5.26 Å². The number of carbonyl (C=O) groups is 1. The van der Waals surface area contributed by atoms with E-state index in [2.05, 4.69) is 24.9 Å². The normalized spacial score (nSPS) is 10.6. The smallest absolute Gasteiger partial charge is 0.254 e. The van der Waals surface area contributed by atoms with E-state index in [1.165, 1.54) is 0 Å². The molecule has 0 N–H and O–H groups in total. The molecule has 1 aromatic heterocycles. The Bertz CT molecular complexity index is 668. The Balaban J connectivity index is 2.36. The average Bonchev–Trinajstić information content (AvgIpc) is 2.50. The minimum Gasteiger partial charge on any atom is -0.337 e. The van der Waals surface area contributed by atoms with Gasteiger partial charge in [-0.15, -0.1) is 0 Å². The van der Waals surface area contributed by atoms with Crippen molar-refractivity contribution in [1.29, 1.82) is 5.26 Å². The minimum atomic E-state index is -0.0300. The van der Waals surface area contributed by atoms with Crippen LogP contribution in [0.15, 0.2) is 36.5 Å². The molecule has 1 amide bonds. The molecule has 0 radical (unpaired) electrons. The summed E-state index contributed by atoms with van der Waals surface area (Å²) in [7, 11) is 0. The predicted octanol–water partition coefficient (Wildman–Crippen LogP) is 3.25. The molecule has 0 aliphatic carbocycles. The quantitative estimate of drug-likeness (QED) is 0.845. The third-order valence-corrected chi connectivity index (χ3v) is 3.24. The topological polar surface area (TPSA) is 57.0 Å². The molecule has 0 fully saturated rings. The second-order valence-corrected chi connectivity index (χ2v) is 5.43. The maximum Gasteiger partial charge on any atom is 0.254 e. The van der Waals surface area contributed by atoms with Gasteiger partial charge in [-0.3, -0.25) is 9.78 Å². The van der Waals surface area contributed by atoms with E-state index in [9.17, 15) is 4.79 Å². The number of pyridine rings is 1. The Kier molecular flexibility index (Phi) is 4.89. The number of hydrogen-bond acceptors (Lipinski definition) is 3. The number of amides is 1. The van der Waals surface area contributed by atoms with Crippen LogP contribution in [0.5, 0.6) is 0 Å². The van der Waals surface area contributed by atoms with Gasteiger partial charge in [0.1, 0.15) is 0 Å². The van der Waals surface area contributed by atoms with Gasteiger partial charge in [0.2, 0.25) is 0 Å². The van der Waals surface area contributed by atoms with Crippen LogP contribution in [0, 0.1) is 17.2 Å². The lowest BCUT2D eigenvalue weighted by molar-refractivity contribution is 0.0742. The Morgan fingerprint density at radius 3 is 2.86 bits per heavy atom. The highest BCUT2D eigenvalue weighted by Crippen LogP contribution is 2.19. The fourth-order valence-electron chi connectivity index (χ4n) is 2.36. The molecule has 0 atom stereocenters. The first-order valence-electron chi connectivity index (χ1n) is 7.13. The Hall–Kier alpha value is -2.41. The van der Waals surface area contributed by atoms with Crippen LogP contribution in [0.1, 0.15) is 30.6 Å². The van der Waals surface area contributed by atoms with Gasteiger partial charge in [0.25, 0.3) is 5.91 Å². The summed E-state index contributed by atoms with van der Waals surface area (Å²) in [5, 5.41) is 9.63. The van der Waals surface area contributed by atoms with Crippen molar-refractivity contribution in [1.82, 2.24) is 9.88 Å². The van der Waals surface area contributed by atoms with Crippen molar-refractivity contribution in [2.24, 2.45) is 5.92 Å². The Morgan fingerprint density at radius 2 is 2.14 bits per heavy atom. The van der Waals surface area contributed by atoms with Crippen LogP contribution < -0.4 is 0 Å². The lowest BCUT2D eigenvalue weighted by Crippen LogP contribution is -2.35. The molecule has 21 heavy (non-hydrogen) atoms. The summed E-state index contributed by atoms with van der Waals surface area (Å²) >= 11 is 0. The number of hydrogen-bond donors (Lipinski definition) is 0. The van der Waals surface area contributed by atoms with E-state index >= 15 is 0 Å². The van der Waals surface area contributed by atoms with Gasteiger partial charge < -0.3 is 4.90 Å². The summed E-state index contributed by atoms with van der Waals surface area (Å²) in [6, 6.07) is 11.4. The van der Waals surface area contributed by atoms with Gasteiger partial charge in [-0.25, -0.2) is 0 Å². The summed E-state index contributed by atoms with van der Waals surface area (Å²) in [6.45, 7) is 5.25. The largest absolute Gasteiger partial charge is 0.337 e. The first-order chi connectivity index (χ1) is 10.1. The summed E-state index contributed by atoms with van der Waals surface area (Å²) in [5.41, 5.74) is 1.47. The van der Waals surface area contributed by atoms with Gasteiger partial charge in [0, 0.05) is 30.2 Å². The summed E-state index contributed by atoms with van der Waals surface area (Å²) in [4.78, 5) is 18.8. The van der Waals surface area contributed by atoms with E-state index in [1.807, 2.05) is 30.3 Å². The first kappa shape index (κ1) is 15.0. The van der Waals surface area contributed by atoms with E-state index in [0.717, 1.165) is 10.9 Å². The number of rotatable bonds is 5. The third kappa shape index (κ3) is 3.57. The summed E-state index contributed by atoms with van der Waals surface area (Å²) in [5.74, 6) is 0.332. The fourth-order valence-corrected chi connectivity index (χ4v) is 2.36.